The van der Waals surface area contributed by atoms with Crippen LogP contribution in [0.4, 0.5) is 0 Å². The molecule has 2 heterocycles. The highest BCUT2D eigenvalue weighted by atomic mass is 16.6. The van der Waals surface area contributed by atoms with E-state index in [4.69, 9.17) is 23.7 Å². The second-order valence-electron chi connectivity index (χ2n) is 12.7. The number of carbonyl (C=O) groups is 4. The summed E-state index contributed by atoms with van der Waals surface area (Å²) in [5.41, 5.74) is -0.101. The van der Waals surface area contributed by atoms with E-state index in [1.54, 1.807) is 19.9 Å². The van der Waals surface area contributed by atoms with Gasteiger partial charge in [-0.05, 0) is 37.8 Å². The molecule has 5 rings (SSSR count). The monoisotopic (exact) mass is 544 g/mol. The lowest BCUT2D eigenvalue weighted by Gasteiger charge is -2.65. The van der Waals surface area contributed by atoms with Gasteiger partial charge in [0.25, 0.3) is 0 Å². The number of Topliss-reactive ketones (excluding diaryl/α,β-unsaturated/α-hetero) is 1. The van der Waals surface area contributed by atoms with Gasteiger partial charge >= 0.3 is 17.9 Å². The zero-order valence-electron chi connectivity index (χ0n) is 24.1. The van der Waals surface area contributed by atoms with Crippen LogP contribution in [0, 0.1) is 28.1 Å². The highest BCUT2D eigenvalue weighted by molar-refractivity contribution is 5.99. The average Bonchev–Trinajstić information content (AvgIpc) is 3.49. The topological polar surface area (TPSA) is 114 Å². The van der Waals surface area contributed by atoms with Gasteiger partial charge in [-0.25, -0.2) is 4.79 Å². The first-order chi connectivity index (χ1) is 18.2. The summed E-state index contributed by atoms with van der Waals surface area (Å²) in [4.78, 5) is 51.3. The summed E-state index contributed by atoms with van der Waals surface area (Å²) in [6.07, 6.45) is -0.218. The maximum atomic E-state index is 13.2. The minimum Gasteiger partial charge on any atom is -0.469 e. The van der Waals surface area contributed by atoms with E-state index < -0.39 is 58.5 Å². The Labute approximate surface area is 229 Å². The quantitative estimate of drug-likeness (QED) is 0.291. The Morgan fingerprint density at radius 3 is 2.41 bits per heavy atom. The molecule has 0 aromatic heterocycles. The van der Waals surface area contributed by atoms with Crippen molar-refractivity contribution in [3.05, 3.63) is 22.8 Å². The summed E-state index contributed by atoms with van der Waals surface area (Å²) in [5, 5.41) is 0. The number of rotatable bonds is 5. The van der Waals surface area contributed by atoms with Crippen molar-refractivity contribution >= 4 is 23.7 Å². The van der Waals surface area contributed by atoms with Gasteiger partial charge in [0, 0.05) is 53.9 Å². The zero-order chi connectivity index (χ0) is 28.7. The highest BCUT2D eigenvalue weighted by Crippen LogP contribution is 2.73. The van der Waals surface area contributed by atoms with E-state index in [1.165, 1.54) is 14.0 Å². The molecule has 5 aliphatic rings. The minimum atomic E-state index is -0.799. The minimum absolute atomic E-state index is 0.0428. The van der Waals surface area contributed by atoms with E-state index in [1.807, 2.05) is 6.92 Å². The van der Waals surface area contributed by atoms with Crippen LogP contribution in [0.5, 0.6) is 0 Å². The van der Waals surface area contributed by atoms with Crippen molar-refractivity contribution in [2.24, 2.45) is 28.1 Å². The fourth-order valence-corrected chi connectivity index (χ4v) is 9.00. The Bertz CT molecular complexity index is 1180. The molecule has 0 aromatic carbocycles. The van der Waals surface area contributed by atoms with E-state index in [9.17, 15) is 19.2 Å². The molecule has 10 unspecified atom stereocenters. The van der Waals surface area contributed by atoms with E-state index >= 15 is 0 Å². The molecule has 9 nitrogen and oxygen atoms in total. The second-order valence-corrected chi connectivity index (χ2v) is 12.7. The normalized spacial score (nSPS) is 44.5. The van der Waals surface area contributed by atoms with Crippen LogP contribution >= 0.6 is 0 Å². The maximum absolute atomic E-state index is 13.2. The highest BCUT2D eigenvalue weighted by Gasteiger charge is 2.78. The Balaban J connectivity index is 1.73. The van der Waals surface area contributed by atoms with Crippen molar-refractivity contribution < 1.29 is 42.9 Å². The molecular formula is C30H40O9. The zero-order valence-corrected chi connectivity index (χ0v) is 24.1. The standard InChI is InChI=1S/C30H40O9/c1-9-14(2)27(34)39-21-12-20(37-16(4)31)28(5)13-36-24-25(28)29(21,6)19(11-22(33)35-8)30(7)23-15(3)17(32)10-18(23)38-26(24)30/h9,18-21,24-26H,10-13H2,1-8H3. The Kier molecular flexibility index (Phi) is 6.66. The van der Waals surface area contributed by atoms with Crippen LogP contribution < -0.4 is 0 Å². The van der Waals surface area contributed by atoms with Gasteiger partial charge in [0.15, 0.2) is 5.78 Å². The van der Waals surface area contributed by atoms with Gasteiger partial charge in [-0.15, -0.1) is 0 Å². The molecule has 3 aliphatic carbocycles. The molecular weight excluding hydrogens is 504 g/mol. The number of esters is 3. The third kappa shape index (κ3) is 3.71. The molecule has 0 aromatic rings. The molecule has 9 heteroatoms. The fourth-order valence-electron chi connectivity index (χ4n) is 9.00. The number of fused-ring (bicyclic) bond motifs is 4. The lowest BCUT2D eigenvalue weighted by molar-refractivity contribution is -0.251. The molecule has 39 heavy (non-hydrogen) atoms. The first-order valence-corrected chi connectivity index (χ1v) is 13.8. The van der Waals surface area contributed by atoms with Crippen LogP contribution in [0.2, 0.25) is 0 Å². The van der Waals surface area contributed by atoms with E-state index in [0.29, 0.717) is 17.8 Å². The number of hydrogen-bond donors (Lipinski definition) is 0. The molecule has 2 aliphatic heterocycles. The summed E-state index contributed by atoms with van der Waals surface area (Å²) in [6, 6.07) is 0. The molecule has 0 N–H and O–H groups in total. The predicted octanol–water partition coefficient (Wildman–Crippen LogP) is 3.48. The van der Waals surface area contributed by atoms with Gasteiger partial charge in [-0.2, -0.15) is 0 Å². The molecule has 4 fully saturated rings. The Hall–Kier alpha value is -2.52. The smallest absolute Gasteiger partial charge is 0.333 e. The summed E-state index contributed by atoms with van der Waals surface area (Å²) in [6.45, 7) is 13.2. The SMILES string of the molecule is CC=C(C)C(=O)OC1CC(OC(C)=O)C2(C)COC3C4OC5CC(=O)C(C)=C5C4(C)C(CC(=O)OC)C1(C)C32. The van der Waals surface area contributed by atoms with Crippen LogP contribution in [0.3, 0.4) is 0 Å². The van der Waals surface area contributed by atoms with E-state index in [2.05, 4.69) is 20.8 Å². The van der Waals surface area contributed by atoms with Crippen molar-refractivity contribution in [3.8, 4) is 0 Å². The summed E-state index contributed by atoms with van der Waals surface area (Å²) in [7, 11) is 1.36. The van der Waals surface area contributed by atoms with E-state index in [0.717, 1.165) is 5.57 Å². The van der Waals surface area contributed by atoms with Crippen molar-refractivity contribution in [2.75, 3.05) is 13.7 Å². The second kappa shape index (κ2) is 9.26. The molecule has 2 saturated carbocycles. The van der Waals surface area contributed by atoms with Crippen LogP contribution in [0.15, 0.2) is 22.8 Å². The maximum Gasteiger partial charge on any atom is 0.333 e. The van der Waals surface area contributed by atoms with Crippen molar-refractivity contribution in [1.82, 2.24) is 0 Å². The van der Waals surface area contributed by atoms with Crippen molar-refractivity contribution in [3.63, 3.8) is 0 Å². The van der Waals surface area contributed by atoms with Crippen LogP contribution in [0.1, 0.15) is 67.7 Å². The summed E-state index contributed by atoms with van der Waals surface area (Å²) >= 11 is 0. The number of ether oxygens (including phenoxy) is 5. The number of methoxy groups -OCH3 is 1. The van der Waals surface area contributed by atoms with Gasteiger partial charge in [-0.1, -0.05) is 26.8 Å². The number of allylic oxidation sites excluding steroid dienone is 2. The predicted molar refractivity (Wildman–Crippen MR) is 138 cm³/mol. The first-order valence-electron chi connectivity index (χ1n) is 13.8. The first kappa shape index (κ1) is 28.0. The van der Waals surface area contributed by atoms with Gasteiger partial charge in [-0.3, -0.25) is 14.4 Å². The molecule has 0 amide bonds. The van der Waals surface area contributed by atoms with Crippen molar-refractivity contribution in [1.29, 1.82) is 0 Å². The molecule has 2 saturated heterocycles. The summed E-state index contributed by atoms with van der Waals surface area (Å²) in [5.74, 6) is -1.90. The lowest BCUT2D eigenvalue weighted by atomic mass is 9.40. The van der Waals surface area contributed by atoms with Gasteiger partial charge in [0.05, 0.1) is 32.0 Å². The van der Waals surface area contributed by atoms with Crippen LogP contribution in [0.25, 0.3) is 0 Å². The van der Waals surface area contributed by atoms with Gasteiger partial charge in [0.2, 0.25) is 0 Å². The number of hydrogen-bond acceptors (Lipinski definition) is 9. The van der Waals surface area contributed by atoms with Gasteiger partial charge < -0.3 is 23.7 Å². The average molecular weight is 545 g/mol. The summed E-state index contributed by atoms with van der Waals surface area (Å²) < 4.78 is 30.6. The Morgan fingerprint density at radius 1 is 1.10 bits per heavy atom. The van der Waals surface area contributed by atoms with Crippen molar-refractivity contribution in [2.45, 2.75) is 98.2 Å². The lowest BCUT2D eigenvalue weighted by Crippen LogP contribution is -2.71. The number of carbonyl (C=O) groups excluding carboxylic acids is 4. The largest absolute Gasteiger partial charge is 0.469 e. The molecule has 0 bridgehead atoms. The Morgan fingerprint density at radius 2 is 1.79 bits per heavy atom. The van der Waals surface area contributed by atoms with E-state index in [-0.39, 0.29) is 43.0 Å². The van der Waals surface area contributed by atoms with Crippen LogP contribution in [-0.2, 0) is 42.9 Å². The third-order valence-electron chi connectivity index (χ3n) is 10.8. The molecule has 214 valence electrons. The molecule has 0 radical (unpaired) electrons. The van der Waals surface area contributed by atoms with Gasteiger partial charge in [0.1, 0.15) is 12.2 Å². The molecule has 0 spiro atoms. The van der Waals surface area contributed by atoms with Crippen LogP contribution in [-0.4, -0.2) is 67.9 Å². The third-order valence-corrected chi connectivity index (χ3v) is 10.8. The fraction of sp³-hybridized carbons (Fsp3) is 0.733. The number of ketones is 1. The molecule has 10 atom stereocenters.